The number of carbonyl (C=O) groups excluding carboxylic acids is 1. The second-order valence-corrected chi connectivity index (χ2v) is 8.06. The average Bonchev–Trinajstić information content (AvgIpc) is 3.42. The zero-order chi connectivity index (χ0) is 22.9. The summed E-state index contributed by atoms with van der Waals surface area (Å²) in [6.45, 7) is 1.63. The Morgan fingerprint density at radius 3 is 2.70 bits per heavy atom. The Morgan fingerprint density at radius 1 is 1.09 bits per heavy atom. The summed E-state index contributed by atoms with van der Waals surface area (Å²) in [5.74, 6) is -0.566. The van der Waals surface area contributed by atoms with Gasteiger partial charge in [-0.15, -0.1) is 0 Å². The highest BCUT2D eigenvalue weighted by Gasteiger charge is 2.31. The van der Waals surface area contributed by atoms with E-state index in [0.717, 1.165) is 17.8 Å². The number of oxazole rings is 1. The molecule has 2 aromatic heterocycles. The third kappa shape index (κ3) is 3.82. The van der Waals surface area contributed by atoms with Crippen molar-refractivity contribution in [2.45, 2.75) is 32.0 Å². The number of amides is 1. The number of non-ortho nitro benzene ring substituents is 1. The van der Waals surface area contributed by atoms with Crippen molar-refractivity contribution in [3.8, 4) is 0 Å². The highest BCUT2D eigenvalue weighted by atomic mass is 16.6. The number of nitro benzene ring substituents is 1. The predicted molar refractivity (Wildman–Crippen MR) is 121 cm³/mol. The summed E-state index contributed by atoms with van der Waals surface area (Å²) in [4.78, 5) is 37.8. The molecule has 0 saturated heterocycles. The first-order valence-electron chi connectivity index (χ1n) is 10.8. The quantitative estimate of drug-likeness (QED) is 0.332. The van der Waals surface area contributed by atoms with Crippen LogP contribution in [0, 0.1) is 10.1 Å². The van der Waals surface area contributed by atoms with Crippen LogP contribution in [0.25, 0.3) is 11.1 Å². The Labute approximate surface area is 188 Å². The lowest BCUT2D eigenvalue weighted by atomic mass is 9.99. The number of hydrogen-bond acceptors (Lipinski definition) is 5. The standard InChI is InChI=1S/C24H22N4O5/c29-22(9-5-13-26-19-11-10-18(28(31)32)16-21(19)33-24(26)30)27-15-14-25-12-4-8-20(25)23(27)17-6-2-1-3-7-17/h1-4,6-8,10-12,16,23H,5,9,13-15H2. The lowest BCUT2D eigenvalue weighted by Crippen LogP contribution is -2.42. The number of nitrogens with zero attached hydrogens (tertiary/aromatic N) is 4. The molecule has 1 atom stereocenters. The summed E-state index contributed by atoms with van der Waals surface area (Å²) in [6.07, 6.45) is 2.76. The lowest BCUT2D eigenvalue weighted by molar-refractivity contribution is -0.384. The van der Waals surface area contributed by atoms with E-state index in [-0.39, 0.29) is 36.2 Å². The molecule has 0 saturated carbocycles. The Hall–Kier alpha value is -4.14. The van der Waals surface area contributed by atoms with Crippen molar-refractivity contribution in [1.82, 2.24) is 14.0 Å². The number of rotatable bonds is 6. The minimum atomic E-state index is -0.587. The molecule has 1 amide bonds. The van der Waals surface area contributed by atoms with Crippen LogP contribution in [0.2, 0.25) is 0 Å². The van der Waals surface area contributed by atoms with Gasteiger partial charge in [-0.1, -0.05) is 30.3 Å². The molecule has 0 N–H and O–H groups in total. The molecule has 168 valence electrons. The van der Waals surface area contributed by atoms with E-state index in [4.69, 9.17) is 4.42 Å². The molecule has 1 aliphatic rings. The van der Waals surface area contributed by atoms with Gasteiger partial charge in [-0.3, -0.25) is 19.5 Å². The third-order valence-electron chi connectivity index (χ3n) is 6.11. The maximum absolute atomic E-state index is 13.2. The van der Waals surface area contributed by atoms with E-state index in [1.165, 1.54) is 22.8 Å². The Balaban J connectivity index is 1.33. The van der Waals surface area contributed by atoms with Crippen molar-refractivity contribution in [2.75, 3.05) is 6.54 Å². The van der Waals surface area contributed by atoms with Crippen molar-refractivity contribution in [3.63, 3.8) is 0 Å². The van der Waals surface area contributed by atoms with Crippen molar-refractivity contribution in [2.24, 2.45) is 0 Å². The molecule has 1 aliphatic heterocycles. The number of aryl methyl sites for hydroxylation is 1. The number of carbonyl (C=O) groups is 1. The highest BCUT2D eigenvalue weighted by molar-refractivity contribution is 5.78. The van der Waals surface area contributed by atoms with Crippen molar-refractivity contribution in [3.05, 3.63) is 98.8 Å². The van der Waals surface area contributed by atoms with Gasteiger partial charge < -0.3 is 13.9 Å². The van der Waals surface area contributed by atoms with Crippen molar-refractivity contribution >= 4 is 22.7 Å². The van der Waals surface area contributed by atoms with Gasteiger partial charge in [0.25, 0.3) is 5.69 Å². The van der Waals surface area contributed by atoms with Gasteiger partial charge in [0.15, 0.2) is 5.58 Å². The SMILES string of the molecule is O=C(CCCn1c(=O)oc2cc([N+](=O)[O-])ccc21)N1CCn2cccc2C1c1ccccc1. The van der Waals surface area contributed by atoms with E-state index < -0.39 is 10.7 Å². The fourth-order valence-electron chi connectivity index (χ4n) is 4.55. The maximum Gasteiger partial charge on any atom is 0.419 e. The second kappa shape index (κ2) is 8.42. The topological polar surface area (TPSA) is 104 Å². The van der Waals surface area contributed by atoms with E-state index in [2.05, 4.69) is 4.57 Å². The van der Waals surface area contributed by atoms with Crippen LogP contribution < -0.4 is 5.76 Å². The number of fused-ring (bicyclic) bond motifs is 2. The predicted octanol–water partition coefficient (Wildman–Crippen LogP) is 3.72. The molecule has 9 heteroatoms. The minimum Gasteiger partial charge on any atom is -0.407 e. The molecule has 9 nitrogen and oxygen atoms in total. The summed E-state index contributed by atoms with van der Waals surface area (Å²) >= 11 is 0. The van der Waals surface area contributed by atoms with E-state index >= 15 is 0 Å². The molecule has 0 radical (unpaired) electrons. The summed E-state index contributed by atoms with van der Waals surface area (Å²) in [5, 5.41) is 11.0. The molecule has 0 fully saturated rings. The average molecular weight is 446 g/mol. The Morgan fingerprint density at radius 2 is 1.91 bits per heavy atom. The molecule has 4 aromatic rings. The molecule has 0 bridgehead atoms. The van der Waals surface area contributed by atoms with Gasteiger partial charge in [0.05, 0.1) is 22.5 Å². The lowest BCUT2D eigenvalue weighted by Gasteiger charge is -2.37. The molecule has 3 heterocycles. The van der Waals surface area contributed by atoms with Crippen LogP contribution in [0.5, 0.6) is 0 Å². The molecular formula is C24H22N4O5. The van der Waals surface area contributed by atoms with E-state index in [0.29, 0.717) is 18.5 Å². The fraction of sp³-hybridized carbons (Fsp3) is 0.250. The number of nitro groups is 1. The number of benzene rings is 2. The van der Waals surface area contributed by atoms with Gasteiger partial charge in [0.2, 0.25) is 5.91 Å². The summed E-state index contributed by atoms with van der Waals surface area (Å²) < 4.78 is 8.77. The second-order valence-electron chi connectivity index (χ2n) is 8.06. The maximum atomic E-state index is 13.2. The summed E-state index contributed by atoms with van der Waals surface area (Å²) in [6, 6.07) is 17.9. The first kappa shape index (κ1) is 20.7. The molecule has 0 spiro atoms. The number of hydrogen-bond donors (Lipinski definition) is 0. The van der Waals surface area contributed by atoms with Gasteiger partial charge in [0, 0.05) is 44.0 Å². The number of aromatic nitrogens is 2. The minimum absolute atomic E-state index is 0.0211. The smallest absolute Gasteiger partial charge is 0.407 e. The molecule has 1 unspecified atom stereocenters. The van der Waals surface area contributed by atoms with Crippen LogP contribution in [0.15, 0.2) is 76.1 Å². The molecule has 2 aromatic carbocycles. The zero-order valence-electron chi connectivity index (χ0n) is 17.8. The first-order chi connectivity index (χ1) is 16.0. The molecule has 0 aliphatic carbocycles. The molecular weight excluding hydrogens is 424 g/mol. The van der Waals surface area contributed by atoms with E-state index in [9.17, 15) is 19.7 Å². The first-order valence-corrected chi connectivity index (χ1v) is 10.8. The van der Waals surface area contributed by atoms with E-state index in [1.54, 1.807) is 0 Å². The zero-order valence-corrected chi connectivity index (χ0v) is 17.8. The van der Waals surface area contributed by atoms with Crippen LogP contribution >= 0.6 is 0 Å². The van der Waals surface area contributed by atoms with Crippen molar-refractivity contribution in [1.29, 1.82) is 0 Å². The highest BCUT2D eigenvalue weighted by Crippen LogP contribution is 2.33. The third-order valence-corrected chi connectivity index (χ3v) is 6.11. The van der Waals surface area contributed by atoms with Gasteiger partial charge in [0.1, 0.15) is 0 Å². The monoisotopic (exact) mass is 446 g/mol. The van der Waals surface area contributed by atoms with Gasteiger partial charge in [-0.2, -0.15) is 0 Å². The molecule has 5 rings (SSSR count). The normalized spacial score (nSPS) is 15.5. The van der Waals surface area contributed by atoms with Gasteiger partial charge in [-0.05, 0) is 30.2 Å². The van der Waals surface area contributed by atoms with Crippen LogP contribution in [0.3, 0.4) is 0 Å². The van der Waals surface area contributed by atoms with Gasteiger partial charge >= 0.3 is 5.76 Å². The van der Waals surface area contributed by atoms with Gasteiger partial charge in [-0.25, -0.2) is 4.79 Å². The summed E-state index contributed by atoms with van der Waals surface area (Å²) in [7, 11) is 0. The van der Waals surface area contributed by atoms with Crippen LogP contribution in [0.4, 0.5) is 5.69 Å². The van der Waals surface area contributed by atoms with Crippen LogP contribution in [-0.2, 0) is 17.9 Å². The van der Waals surface area contributed by atoms with Crippen LogP contribution in [-0.4, -0.2) is 31.4 Å². The van der Waals surface area contributed by atoms with Crippen LogP contribution in [0.1, 0.15) is 30.1 Å². The fourth-order valence-corrected chi connectivity index (χ4v) is 4.55. The Bertz CT molecular complexity index is 1380. The van der Waals surface area contributed by atoms with Crippen molar-refractivity contribution < 1.29 is 14.1 Å². The van der Waals surface area contributed by atoms with E-state index in [1.807, 2.05) is 53.6 Å². The molecule has 33 heavy (non-hydrogen) atoms. The Kier molecular flexibility index (Phi) is 5.29. The largest absolute Gasteiger partial charge is 0.419 e. The summed E-state index contributed by atoms with van der Waals surface area (Å²) in [5.41, 5.74) is 2.65.